The minimum absolute atomic E-state index is 0. The molecule has 3 unspecified atom stereocenters. The van der Waals surface area contributed by atoms with Crippen LogP contribution in [0, 0.1) is 11.8 Å². The molecule has 3 nitrogen and oxygen atoms in total. The molecule has 2 fully saturated rings. The minimum atomic E-state index is 0. The zero-order chi connectivity index (χ0) is 16.6. The Balaban J connectivity index is 0.00000168. The van der Waals surface area contributed by atoms with Gasteiger partial charge in [0, 0.05) is 35.4 Å². The number of hydrogen-bond acceptors (Lipinski definition) is 2. The number of pyridine rings is 1. The Labute approximate surface area is 156 Å². The summed E-state index contributed by atoms with van der Waals surface area (Å²) in [6.45, 7) is 3.95. The minimum Gasteiger partial charge on any atom is -0.361 e. The molecule has 0 spiro atoms. The van der Waals surface area contributed by atoms with Crippen LogP contribution >= 0.6 is 0 Å². The Bertz CT molecular complexity index is 865. The van der Waals surface area contributed by atoms with Crippen molar-refractivity contribution in [2.75, 3.05) is 19.6 Å². The third kappa shape index (κ3) is 3.28. The van der Waals surface area contributed by atoms with Gasteiger partial charge in [0.2, 0.25) is 0 Å². The third-order valence-corrected chi connectivity index (χ3v) is 6.20. The molecule has 136 valence electrons. The number of benzene rings is 1. The lowest BCUT2D eigenvalue weighted by Gasteiger charge is -2.42. The fourth-order valence-corrected chi connectivity index (χ4v) is 4.76. The molecule has 3 heteroatoms. The van der Waals surface area contributed by atoms with Crippen molar-refractivity contribution < 1.29 is 0 Å². The van der Waals surface area contributed by atoms with Gasteiger partial charge in [-0.3, -0.25) is 4.98 Å². The van der Waals surface area contributed by atoms with Gasteiger partial charge >= 0.3 is 0 Å². The number of fused-ring (bicyclic) bond motifs is 3. The van der Waals surface area contributed by atoms with E-state index >= 15 is 0 Å². The van der Waals surface area contributed by atoms with E-state index in [1.54, 1.807) is 0 Å². The Morgan fingerprint density at radius 1 is 1.08 bits per heavy atom. The van der Waals surface area contributed by atoms with Gasteiger partial charge in [-0.1, -0.05) is 19.6 Å². The summed E-state index contributed by atoms with van der Waals surface area (Å²) in [5, 5.41) is 1.24. The van der Waals surface area contributed by atoms with E-state index in [4.69, 9.17) is 4.98 Å². The average Bonchev–Trinajstić information content (AvgIpc) is 3.13. The monoisotopic (exact) mass is 347 g/mol. The van der Waals surface area contributed by atoms with Crippen molar-refractivity contribution in [2.45, 2.75) is 33.1 Å². The first-order valence-corrected chi connectivity index (χ1v) is 9.60. The highest BCUT2D eigenvalue weighted by Crippen LogP contribution is 2.33. The third-order valence-electron chi connectivity index (χ3n) is 6.20. The van der Waals surface area contributed by atoms with Gasteiger partial charge in [-0.25, -0.2) is 0 Å². The van der Waals surface area contributed by atoms with Gasteiger partial charge in [-0.05, 0) is 80.4 Å². The molecule has 0 radical (unpaired) electrons. The summed E-state index contributed by atoms with van der Waals surface area (Å²) in [6, 6.07) is 13.1. The molecule has 0 saturated carbocycles. The fourth-order valence-electron chi connectivity index (χ4n) is 4.76. The molecule has 2 saturated heterocycles. The molecule has 0 aliphatic carbocycles. The molecule has 2 aliphatic rings. The average molecular weight is 348 g/mol. The van der Waals surface area contributed by atoms with Gasteiger partial charge < -0.3 is 9.88 Å². The van der Waals surface area contributed by atoms with E-state index in [-0.39, 0.29) is 7.43 Å². The van der Waals surface area contributed by atoms with E-state index in [9.17, 15) is 0 Å². The summed E-state index contributed by atoms with van der Waals surface area (Å²) in [5.74, 6) is 1.75. The van der Waals surface area contributed by atoms with E-state index in [0.29, 0.717) is 0 Å². The standard InChI is InChI=1S/C22H25N3.CH4/c1-2-20-15-25(10-1)11-8-17(20)12-16-3-5-22(24-14-16)18-4-6-21-19(13-18)7-9-23-21;/h3-7,9,13-14,17,20,23H,1-2,8,10-12,15H2;1H4. The number of aromatic nitrogens is 2. The van der Waals surface area contributed by atoms with Gasteiger partial charge in [0.15, 0.2) is 0 Å². The Morgan fingerprint density at radius 3 is 2.92 bits per heavy atom. The van der Waals surface area contributed by atoms with Gasteiger partial charge in [-0.15, -0.1) is 0 Å². The molecule has 2 bridgehead atoms. The predicted octanol–water partition coefficient (Wildman–Crippen LogP) is 5.14. The zero-order valence-corrected chi connectivity index (χ0v) is 14.6. The maximum absolute atomic E-state index is 4.76. The number of H-pyrrole nitrogens is 1. The highest BCUT2D eigenvalue weighted by molar-refractivity contribution is 5.84. The van der Waals surface area contributed by atoms with Crippen molar-refractivity contribution in [3.05, 3.63) is 54.4 Å². The van der Waals surface area contributed by atoms with Crippen LogP contribution in [0.5, 0.6) is 0 Å². The largest absolute Gasteiger partial charge is 0.361 e. The molecule has 2 aliphatic heterocycles. The van der Waals surface area contributed by atoms with Crippen LogP contribution in [0.15, 0.2) is 48.8 Å². The summed E-state index contributed by atoms with van der Waals surface area (Å²) in [4.78, 5) is 10.7. The Hall–Kier alpha value is -2.13. The lowest BCUT2D eigenvalue weighted by molar-refractivity contribution is 0.0740. The first kappa shape index (κ1) is 17.3. The summed E-state index contributed by atoms with van der Waals surface area (Å²) in [6.07, 6.45) is 9.45. The highest BCUT2D eigenvalue weighted by atomic mass is 15.1. The molecule has 5 rings (SSSR count). The van der Waals surface area contributed by atoms with Crippen LogP contribution in [0.2, 0.25) is 0 Å². The Kier molecular flexibility index (Phi) is 4.82. The lowest BCUT2D eigenvalue weighted by Crippen LogP contribution is -2.45. The second kappa shape index (κ2) is 7.24. The maximum Gasteiger partial charge on any atom is 0.0702 e. The number of nitrogens with one attached hydrogen (secondary N) is 1. The molecule has 3 atom stereocenters. The number of nitrogens with zero attached hydrogens (tertiary/aromatic N) is 2. The van der Waals surface area contributed by atoms with Crippen molar-refractivity contribution in [2.24, 2.45) is 11.8 Å². The first-order valence-electron chi connectivity index (χ1n) is 9.60. The van der Waals surface area contributed by atoms with E-state index in [1.165, 1.54) is 67.3 Å². The number of piperidine rings is 2. The summed E-state index contributed by atoms with van der Waals surface area (Å²) in [5.41, 5.74) is 4.84. The van der Waals surface area contributed by atoms with E-state index in [0.717, 1.165) is 17.5 Å². The topological polar surface area (TPSA) is 31.9 Å². The molecule has 2 aromatic heterocycles. The van der Waals surface area contributed by atoms with Crippen molar-refractivity contribution in [3.63, 3.8) is 0 Å². The second-order valence-corrected chi connectivity index (χ2v) is 7.79. The van der Waals surface area contributed by atoms with Crippen molar-refractivity contribution in [1.82, 2.24) is 14.9 Å². The summed E-state index contributed by atoms with van der Waals surface area (Å²) >= 11 is 0. The molecule has 1 aromatic carbocycles. The van der Waals surface area contributed by atoms with Crippen LogP contribution in [0.1, 0.15) is 32.3 Å². The summed E-state index contributed by atoms with van der Waals surface area (Å²) < 4.78 is 0. The SMILES string of the molecule is C.c1cc2cc(-c3ccc(CC4CCN5CCCC4C5)cn3)ccc2[nH]1. The first-order chi connectivity index (χ1) is 12.3. The van der Waals surface area contributed by atoms with Crippen LogP contribution in [-0.4, -0.2) is 34.5 Å². The molecule has 3 aromatic rings. The number of hydrogen-bond donors (Lipinski definition) is 1. The predicted molar refractivity (Wildman–Crippen MR) is 109 cm³/mol. The smallest absolute Gasteiger partial charge is 0.0702 e. The number of rotatable bonds is 3. The molecular weight excluding hydrogens is 318 g/mol. The van der Waals surface area contributed by atoms with Gasteiger partial charge in [0.1, 0.15) is 0 Å². The normalized spacial score (nSPS) is 25.0. The van der Waals surface area contributed by atoms with E-state index in [2.05, 4.69) is 52.5 Å². The Morgan fingerprint density at radius 2 is 2.04 bits per heavy atom. The quantitative estimate of drug-likeness (QED) is 0.711. The molecule has 1 N–H and O–H groups in total. The van der Waals surface area contributed by atoms with Crippen LogP contribution in [0.25, 0.3) is 22.2 Å². The van der Waals surface area contributed by atoms with Gasteiger partial charge in [-0.2, -0.15) is 0 Å². The van der Waals surface area contributed by atoms with Crippen molar-refractivity contribution in [3.8, 4) is 11.3 Å². The maximum atomic E-state index is 4.76. The lowest BCUT2D eigenvalue weighted by atomic mass is 9.77. The van der Waals surface area contributed by atoms with Crippen LogP contribution in [0.3, 0.4) is 0 Å². The van der Waals surface area contributed by atoms with E-state index < -0.39 is 0 Å². The zero-order valence-electron chi connectivity index (χ0n) is 14.6. The fraction of sp³-hybridized carbons (Fsp3) is 0.435. The van der Waals surface area contributed by atoms with Crippen molar-refractivity contribution >= 4 is 10.9 Å². The van der Waals surface area contributed by atoms with Crippen molar-refractivity contribution in [1.29, 1.82) is 0 Å². The molecule has 0 amide bonds. The molecular formula is C23H29N3. The van der Waals surface area contributed by atoms with Crippen LogP contribution in [-0.2, 0) is 6.42 Å². The second-order valence-electron chi connectivity index (χ2n) is 7.79. The van der Waals surface area contributed by atoms with E-state index in [1.807, 2.05) is 6.20 Å². The summed E-state index contributed by atoms with van der Waals surface area (Å²) in [7, 11) is 0. The van der Waals surface area contributed by atoms with Crippen LogP contribution < -0.4 is 0 Å². The number of aromatic amines is 1. The van der Waals surface area contributed by atoms with Gasteiger partial charge in [0.05, 0.1) is 5.69 Å². The molecule has 4 heterocycles. The molecule has 26 heavy (non-hydrogen) atoms. The van der Waals surface area contributed by atoms with Gasteiger partial charge in [0.25, 0.3) is 0 Å². The van der Waals surface area contributed by atoms with Crippen LogP contribution in [0.4, 0.5) is 0 Å². The highest BCUT2D eigenvalue weighted by Gasteiger charge is 2.31.